The molecule has 7 nitrogen and oxygen atoms in total. The number of hydrogen-bond donors (Lipinski definition) is 1. The van der Waals surface area contributed by atoms with Gasteiger partial charge in [0.25, 0.3) is 0 Å². The van der Waals surface area contributed by atoms with Gasteiger partial charge in [-0.15, -0.1) is 0 Å². The average molecular weight is 596 g/mol. The number of methoxy groups -OCH3 is 3. The lowest BCUT2D eigenvalue weighted by Gasteiger charge is -2.38. The number of nitrogens with zero attached hydrogens (tertiary/aromatic N) is 2. The third-order valence-corrected chi connectivity index (χ3v) is 10.1. The third kappa shape index (κ3) is 7.34. The second-order valence-corrected chi connectivity index (χ2v) is 12.7. The van der Waals surface area contributed by atoms with Crippen LogP contribution >= 0.6 is 0 Å². The Hall–Kier alpha value is -2.71. The molecule has 0 radical (unpaired) electrons. The first-order valence-corrected chi connectivity index (χ1v) is 16.4. The number of piperidine rings is 1. The highest BCUT2D eigenvalue weighted by Crippen LogP contribution is 2.45. The van der Waals surface area contributed by atoms with Crippen LogP contribution in [0.4, 0.5) is 10.2 Å². The molecule has 1 aliphatic carbocycles. The molecule has 1 N–H and O–H groups in total. The summed E-state index contributed by atoms with van der Waals surface area (Å²) in [6.45, 7) is 3.91. The summed E-state index contributed by atoms with van der Waals surface area (Å²) in [5.41, 5.74) is 3.38. The largest absolute Gasteiger partial charge is 0.493 e. The van der Waals surface area contributed by atoms with Gasteiger partial charge in [0.1, 0.15) is 5.82 Å². The van der Waals surface area contributed by atoms with E-state index in [0.717, 1.165) is 108 Å². The number of pyridine rings is 1. The number of rotatable bonds is 12. The molecule has 1 saturated heterocycles. The highest BCUT2D eigenvalue weighted by atomic mass is 19.1. The summed E-state index contributed by atoms with van der Waals surface area (Å²) >= 11 is 0. The molecule has 5 rings (SSSR count). The molecule has 1 saturated carbocycles. The second-order valence-electron chi connectivity index (χ2n) is 12.7. The van der Waals surface area contributed by atoms with Gasteiger partial charge in [0, 0.05) is 24.9 Å². The molecular weight excluding hydrogens is 545 g/mol. The molecular formula is C35H50FN3O4. The zero-order valence-corrected chi connectivity index (χ0v) is 26.4. The number of anilines is 1. The number of esters is 1. The Bertz CT molecular complexity index is 1220. The minimum absolute atomic E-state index is 0.0563. The monoisotopic (exact) mass is 595 g/mol. The molecule has 1 aromatic carbocycles. The zero-order valence-electron chi connectivity index (χ0n) is 26.4. The predicted octanol–water partition coefficient (Wildman–Crippen LogP) is 6.77. The first-order chi connectivity index (χ1) is 21.0. The number of carbonyl (C=O) groups is 1. The Balaban J connectivity index is 1.18. The molecule has 2 aliphatic heterocycles. The van der Waals surface area contributed by atoms with Crippen LogP contribution in [0.5, 0.6) is 5.75 Å². The van der Waals surface area contributed by atoms with Crippen molar-refractivity contribution in [1.82, 2.24) is 9.88 Å². The molecule has 2 fully saturated rings. The Morgan fingerprint density at radius 3 is 2.58 bits per heavy atom. The lowest BCUT2D eigenvalue weighted by atomic mass is 9.75. The van der Waals surface area contributed by atoms with Gasteiger partial charge in [0.15, 0.2) is 11.6 Å². The van der Waals surface area contributed by atoms with Crippen LogP contribution in [0.2, 0.25) is 0 Å². The summed E-state index contributed by atoms with van der Waals surface area (Å²) in [4.78, 5) is 20.6. The molecule has 0 spiro atoms. The summed E-state index contributed by atoms with van der Waals surface area (Å²) in [7, 11) is 4.61. The van der Waals surface area contributed by atoms with Gasteiger partial charge in [-0.3, -0.25) is 4.79 Å². The van der Waals surface area contributed by atoms with Gasteiger partial charge in [-0.2, -0.15) is 0 Å². The van der Waals surface area contributed by atoms with Crippen molar-refractivity contribution in [3.8, 4) is 5.75 Å². The van der Waals surface area contributed by atoms with Gasteiger partial charge < -0.3 is 24.4 Å². The molecule has 0 amide bonds. The van der Waals surface area contributed by atoms with Crippen LogP contribution in [0.1, 0.15) is 98.9 Å². The van der Waals surface area contributed by atoms with Crippen LogP contribution in [0.15, 0.2) is 24.3 Å². The van der Waals surface area contributed by atoms with Crippen LogP contribution in [0, 0.1) is 11.7 Å². The molecule has 1 atom stereocenters. The minimum Gasteiger partial charge on any atom is -0.493 e. The van der Waals surface area contributed by atoms with Gasteiger partial charge in [-0.05, 0) is 113 Å². The number of hydrogen-bond acceptors (Lipinski definition) is 7. The van der Waals surface area contributed by atoms with E-state index in [-0.39, 0.29) is 17.6 Å². The molecule has 43 heavy (non-hydrogen) atoms. The summed E-state index contributed by atoms with van der Waals surface area (Å²) in [6, 6.07) is 7.95. The molecule has 0 bridgehead atoms. The highest BCUT2D eigenvalue weighted by Gasteiger charge is 2.40. The highest BCUT2D eigenvalue weighted by molar-refractivity contribution is 5.80. The van der Waals surface area contributed by atoms with Gasteiger partial charge in [-0.1, -0.05) is 31.7 Å². The van der Waals surface area contributed by atoms with E-state index in [0.29, 0.717) is 5.56 Å². The van der Waals surface area contributed by atoms with Crippen LogP contribution in [0.3, 0.4) is 0 Å². The molecule has 8 heteroatoms. The van der Waals surface area contributed by atoms with Crippen molar-refractivity contribution in [1.29, 1.82) is 0 Å². The summed E-state index contributed by atoms with van der Waals surface area (Å²) < 4.78 is 32.5. The fraction of sp³-hybridized carbons (Fsp3) is 0.657. The SMILES string of the molecule is COC(=O)C(c1cc(C2(OC)CCCCC2)cc(F)c1OC)C1CCN(CCCCCc2ccc3c(n2)NCCC3)CC1. The van der Waals surface area contributed by atoms with Crippen LogP contribution in [-0.2, 0) is 32.7 Å². The zero-order chi connectivity index (χ0) is 30.2. The Labute approximate surface area is 256 Å². The van der Waals surface area contributed by atoms with Gasteiger partial charge in [0.2, 0.25) is 0 Å². The Morgan fingerprint density at radius 1 is 1.07 bits per heavy atom. The fourth-order valence-electron chi connectivity index (χ4n) is 7.59. The second kappa shape index (κ2) is 14.8. The Morgan fingerprint density at radius 2 is 1.86 bits per heavy atom. The van der Waals surface area contributed by atoms with Crippen molar-refractivity contribution in [2.24, 2.45) is 5.92 Å². The van der Waals surface area contributed by atoms with Crippen molar-refractivity contribution in [3.05, 3.63) is 52.5 Å². The molecule has 1 unspecified atom stereocenters. The fourth-order valence-corrected chi connectivity index (χ4v) is 7.59. The van der Waals surface area contributed by atoms with E-state index in [4.69, 9.17) is 19.2 Å². The predicted molar refractivity (Wildman–Crippen MR) is 167 cm³/mol. The number of nitrogens with one attached hydrogen (secondary N) is 1. The lowest BCUT2D eigenvalue weighted by Crippen LogP contribution is -2.38. The maximum Gasteiger partial charge on any atom is 0.313 e. The standard InChI is InChI=1S/C35H50FN3O4/c1-41-32-29(23-27(24-30(32)36)35(43-3)17-7-5-8-18-35)31(34(40)42-2)25-15-21-39(22-16-25)20-9-4-6-12-28-14-13-26-11-10-19-37-33(26)38-28/h13-14,23-25,31H,4-12,15-22H2,1-3H3,(H,37,38). The van der Waals surface area contributed by atoms with Crippen LogP contribution in [0.25, 0.3) is 0 Å². The van der Waals surface area contributed by atoms with Crippen molar-refractivity contribution in [3.63, 3.8) is 0 Å². The number of aromatic nitrogens is 1. The van der Waals surface area contributed by atoms with E-state index < -0.39 is 17.3 Å². The topological polar surface area (TPSA) is 72.9 Å². The number of carbonyl (C=O) groups excluding carboxylic acids is 1. The van der Waals surface area contributed by atoms with Gasteiger partial charge >= 0.3 is 5.97 Å². The van der Waals surface area contributed by atoms with E-state index >= 15 is 4.39 Å². The number of halogens is 1. The molecule has 1 aromatic heterocycles. The third-order valence-electron chi connectivity index (χ3n) is 10.1. The lowest BCUT2D eigenvalue weighted by molar-refractivity contribution is -0.144. The number of likely N-dealkylation sites (tertiary alicyclic amines) is 1. The van der Waals surface area contributed by atoms with Crippen LogP contribution in [-0.4, -0.2) is 63.4 Å². The molecule has 3 aliphatic rings. The maximum absolute atomic E-state index is 15.6. The molecule has 2 aromatic rings. The van der Waals surface area contributed by atoms with Gasteiger partial charge in [-0.25, -0.2) is 9.37 Å². The normalized spacial score (nSPS) is 19.7. The summed E-state index contributed by atoms with van der Waals surface area (Å²) in [5.74, 6) is -0.0583. The average Bonchev–Trinajstić information content (AvgIpc) is 3.05. The number of fused-ring (bicyclic) bond motifs is 1. The molecule has 3 heterocycles. The van der Waals surface area contributed by atoms with Crippen molar-refractivity contribution < 1.29 is 23.4 Å². The first kappa shape index (κ1) is 31.7. The number of benzene rings is 1. The van der Waals surface area contributed by atoms with Gasteiger partial charge in [0.05, 0.1) is 25.7 Å². The van der Waals surface area contributed by atoms with E-state index in [1.54, 1.807) is 13.2 Å². The number of unbranched alkanes of at least 4 members (excludes halogenated alkanes) is 2. The van der Waals surface area contributed by atoms with E-state index in [2.05, 4.69) is 22.3 Å². The smallest absolute Gasteiger partial charge is 0.313 e. The number of ether oxygens (including phenoxy) is 3. The van der Waals surface area contributed by atoms with E-state index in [1.807, 2.05) is 6.07 Å². The van der Waals surface area contributed by atoms with Crippen molar-refractivity contribution in [2.45, 2.75) is 95.0 Å². The van der Waals surface area contributed by atoms with E-state index in [9.17, 15) is 4.79 Å². The quantitative estimate of drug-likeness (QED) is 0.214. The van der Waals surface area contributed by atoms with Crippen LogP contribution < -0.4 is 10.1 Å². The number of aryl methyl sites for hydroxylation is 2. The first-order valence-electron chi connectivity index (χ1n) is 16.4. The summed E-state index contributed by atoms with van der Waals surface area (Å²) in [6.07, 6.45) is 13.4. The molecule has 236 valence electrons. The minimum atomic E-state index is -0.576. The van der Waals surface area contributed by atoms with Crippen molar-refractivity contribution >= 4 is 11.8 Å². The maximum atomic E-state index is 15.6. The van der Waals surface area contributed by atoms with Crippen molar-refractivity contribution in [2.75, 3.05) is 52.8 Å². The van der Waals surface area contributed by atoms with E-state index in [1.165, 1.54) is 38.3 Å². The summed E-state index contributed by atoms with van der Waals surface area (Å²) in [5, 5.41) is 3.43. The Kier molecular flexibility index (Phi) is 10.9.